The second-order valence-electron chi connectivity index (χ2n) is 19.2. The molecular formula is C67H33F6N7. The summed E-state index contributed by atoms with van der Waals surface area (Å²) >= 11 is 0. The van der Waals surface area contributed by atoms with Gasteiger partial charge in [-0.05, 0) is 183 Å². The highest BCUT2D eigenvalue weighted by Gasteiger charge is 2.37. The molecule has 0 saturated heterocycles. The zero-order valence-corrected chi connectivity index (χ0v) is 41.5. The van der Waals surface area contributed by atoms with E-state index in [4.69, 9.17) is 0 Å². The van der Waals surface area contributed by atoms with Crippen LogP contribution in [0.25, 0.3) is 111 Å². The van der Waals surface area contributed by atoms with Gasteiger partial charge in [0.05, 0.1) is 91.1 Å². The van der Waals surface area contributed by atoms with Gasteiger partial charge >= 0.3 is 12.4 Å². The van der Waals surface area contributed by atoms with Crippen LogP contribution in [0, 0.1) is 56.7 Å². The summed E-state index contributed by atoms with van der Waals surface area (Å²) in [6.45, 7) is 0. The molecule has 0 N–H and O–H groups in total. The van der Waals surface area contributed by atoms with Crippen LogP contribution in [0.5, 0.6) is 0 Å². The molecule has 0 aliphatic heterocycles. The third-order valence-corrected chi connectivity index (χ3v) is 14.5. The average Bonchev–Trinajstić information content (AvgIpc) is 3.53. The molecule has 10 aromatic carbocycles. The molecule has 12 aromatic rings. The highest BCUT2D eigenvalue weighted by molar-refractivity contribution is 6.14. The molecule has 2 aromatic heterocycles. The van der Waals surface area contributed by atoms with Crippen molar-refractivity contribution in [3.05, 3.63) is 239 Å². The zero-order chi connectivity index (χ0) is 55.6. The van der Waals surface area contributed by atoms with Crippen LogP contribution in [0.2, 0.25) is 0 Å². The van der Waals surface area contributed by atoms with E-state index < -0.39 is 29.0 Å². The number of benzene rings is 10. The molecule has 0 spiro atoms. The molecule has 0 saturated carbocycles. The zero-order valence-electron chi connectivity index (χ0n) is 41.5. The number of hydrogen-bond donors (Lipinski definition) is 0. The van der Waals surface area contributed by atoms with Gasteiger partial charge in [0.1, 0.15) is 11.6 Å². The molecule has 0 unspecified atom stereocenters. The second kappa shape index (κ2) is 19.1. The number of halogens is 6. The van der Waals surface area contributed by atoms with Crippen molar-refractivity contribution >= 4 is 43.6 Å². The Labute approximate surface area is 452 Å². The molecule has 0 aliphatic carbocycles. The van der Waals surface area contributed by atoms with E-state index in [1.807, 2.05) is 121 Å². The quantitative estimate of drug-likeness (QED) is 0.147. The third-order valence-electron chi connectivity index (χ3n) is 14.5. The summed E-state index contributed by atoms with van der Waals surface area (Å²) in [5.41, 5.74) is 7.16. The molecule has 13 heteroatoms. The van der Waals surface area contributed by atoms with Crippen molar-refractivity contribution in [1.29, 1.82) is 26.3 Å². The molecule has 0 fully saturated rings. The molecule has 0 atom stereocenters. The molecular weight excluding hydrogens is 1020 g/mol. The van der Waals surface area contributed by atoms with Gasteiger partial charge in [-0.3, -0.25) is 0 Å². The first-order valence-corrected chi connectivity index (χ1v) is 24.7. The first-order chi connectivity index (χ1) is 38.6. The van der Waals surface area contributed by atoms with Crippen molar-refractivity contribution in [2.45, 2.75) is 12.4 Å². The minimum Gasteiger partial charge on any atom is -0.308 e. The second-order valence-corrected chi connectivity index (χ2v) is 19.2. The fourth-order valence-corrected chi connectivity index (χ4v) is 10.6. The number of nitrogens with zero attached hydrogens (tertiary/aromatic N) is 7. The molecule has 2 heterocycles. The van der Waals surface area contributed by atoms with Crippen LogP contribution in [0.4, 0.5) is 26.3 Å². The lowest BCUT2D eigenvalue weighted by molar-refractivity contribution is -0.143. The summed E-state index contributed by atoms with van der Waals surface area (Å²) in [4.78, 5) is 0. The van der Waals surface area contributed by atoms with Gasteiger partial charge in [-0.15, -0.1) is 0 Å². The summed E-state index contributed by atoms with van der Waals surface area (Å²) in [6.07, 6.45) is -10.3. The third kappa shape index (κ3) is 8.66. The monoisotopic (exact) mass is 1050 g/mol. The fourth-order valence-electron chi connectivity index (χ4n) is 10.6. The lowest BCUT2D eigenvalue weighted by Gasteiger charge is -2.20. The molecule has 7 nitrogen and oxygen atoms in total. The minimum absolute atomic E-state index is 0.0362. The van der Waals surface area contributed by atoms with Crippen LogP contribution in [0.1, 0.15) is 38.9 Å². The summed E-state index contributed by atoms with van der Waals surface area (Å²) < 4.78 is 92.2. The van der Waals surface area contributed by atoms with Crippen molar-refractivity contribution in [2.75, 3.05) is 0 Å². The number of nitriles is 5. The molecule has 0 amide bonds. The van der Waals surface area contributed by atoms with Gasteiger partial charge in [0.25, 0.3) is 0 Å². The Balaban J connectivity index is 1.19. The summed E-state index contributed by atoms with van der Waals surface area (Å²) in [5.74, 6) is 0. The maximum Gasteiger partial charge on any atom is 0.416 e. The topological polar surface area (TPSA) is 129 Å². The molecule has 0 aliphatic rings. The first kappa shape index (κ1) is 49.7. The largest absolute Gasteiger partial charge is 0.416 e. The normalized spacial score (nSPS) is 11.6. The number of rotatable bonds is 7. The Kier molecular flexibility index (Phi) is 11.9. The van der Waals surface area contributed by atoms with Crippen molar-refractivity contribution < 1.29 is 26.3 Å². The van der Waals surface area contributed by atoms with Crippen LogP contribution in [-0.4, -0.2) is 9.13 Å². The van der Waals surface area contributed by atoms with Gasteiger partial charge in [-0.1, -0.05) is 72.8 Å². The van der Waals surface area contributed by atoms with E-state index in [1.165, 1.54) is 12.1 Å². The predicted octanol–water partition coefficient (Wildman–Crippen LogP) is 17.6. The molecule has 12 rings (SSSR count). The van der Waals surface area contributed by atoms with Gasteiger partial charge in [-0.25, -0.2) is 0 Å². The van der Waals surface area contributed by atoms with Crippen LogP contribution in [0.3, 0.4) is 0 Å². The maximum absolute atomic E-state index is 14.8. The lowest BCUT2D eigenvalue weighted by atomic mass is 9.96. The van der Waals surface area contributed by atoms with Gasteiger partial charge in [0, 0.05) is 21.5 Å². The highest BCUT2D eigenvalue weighted by atomic mass is 19.4. The van der Waals surface area contributed by atoms with Crippen molar-refractivity contribution in [2.24, 2.45) is 0 Å². The Morgan fingerprint density at radius 1 is 0.263 bits per heavy atom. The Hall–Kier alpha value is -11.2. The Morgan fingerprint density at radius 3 is 0.750 bits per heavy atom. The van der Waals surface area contributed by atoms with E-state index in [9.17, 15) is 52.7 Å². The number of aromatic nitrogens is 2. The van der Waals surface area contributed by atoms with Gasteiger partial charge in [0.15, 0.2) is 0 Å². The standard InChI is InChI=1S/C67H33F6N7/c68-66(69,70)53-25-51(26-54(33-53)67(71,72)73)52-31-64(79-60-21-17-47(43-9-1-39(34-74)2-10-43)27-55(60)56-28-48(18-22-61(56)79)44-11-3-40(35-75)4-12-44)59(38-78)65(32-52)80-62-23-19-49(45-13-5-41(36-76)6-14-45)29-57(62)58-30-50(20-24-63(58)80)46-15-7-42(37-77)8-16-46/h1-33H. The van der Waals surface area contributed by atoms with E-state index in [2.05, 4.69) is 30.3 Å². The molecule has 0 radical (unpaired) electrons. The van der Waals surface area contributed by atoms with E-state index >= 15 is 0 Å². The van der Waals surface area contributed by atoms with Crippen molar-refractivity contribution in [3.8, 4) is 97.4 Å². The van der Waals surface area contributed by atoms with Crippen molar-refractivity contribution in [1.82, 2.24) is 9.13 Å². The number of fused-ring (bicyclic) bond motifs is 6. The van der Waals surface area contributed by atoms with Crippen LogP contribution in [0.15, 0.2) is 200 Å². The van der Waals surface area contributed by atoms with E-state index in [-0.39, 0.29) is 28.6 Å². The Morgan fingerprint density at radius 2 is 0.512 bits per heavy atom. The maximum atomic E-state index is 14.8. The SMILES string of the molecule is N#Cc1ccc(-c2ccc3c(c2)c2cc(-c4ccc(C#N)cc4)ccc2n3-c2cc(-c3cc(C(F)(F)F)cc(C(F)(F)F)c3)cc(-n3c4ccc(-c5ccc(C#N)cc5)cc4c4cc(-c5ccc(C#N)cc5)ccc43)c2C#N)cc1. The highest BCUT2D eigenvalue weighted by Crippen LogP contribution is 2.45. The predicted molar refractivity (Wildman–Crippen MR) is 296 cm³/mol. The fraction of sp³-hybridized carbons (Fsp3) is 0.0299. The summed E-state index contributed by atoms with van der Waals surface area (Å²) in [6, 6.07) is 66.2. The Bertz CT molecular complexity index is 4240. The first-order valence-electron chi connectivity index (χ1n) is 24.7. The number of alkyl halides is 6. The molecule has 80 heavy (non-hydrogen) atoms. The van der Waals surface area contributed by atoms with E-state index in [0.717, 1.165) is 44.5 Å². The van der Waals surface area contributed by atoms with Gasteiger partial charge in [0.2, 0.25) is 0 Å². The average molecular weight is 1050 g/mol. The van der Waals surface area contributed by atoms with Crippen LogP contribution >= 0.6 is 0 Å². The lowest BCUT2D eigenvalue weighted by Crippen LogP contribution is -2.11. The van der Waals surface area contributed by atoms with Gasteiger partial charge < -0.3 is 9.13 Å². The van der Waals surface area contributed by atoms with E-state index in [0.29, 0.717) is 78.0 Å². The van der Waals surface area contributed by atoms with Crippen molar-refractivity contribution in [3.63, 3.8) is 0 Å². The minimum atomic E-state index is -5.17. The number of hydrogen-bond acceptors (Lipinski definition) is 5. The molecule has 0 bridgehead atoms. The van der Waals surface area contributed by atoms with Crippen LogP contribution in [-0.2, 0) is 12.4 Å². The summed E-state index contributed by atoms with van der Waals surface area (Å²) in [5, 5.41) is 52.7. The van der Waals surface area contributed by atoms with Crippen LogP contribution < -0.4 is 0 Å². The van der Waals surface area contributed by atoms with E-state index in [1.54, 1.807) is 57.7 Å². The molecule has 378 valence electrons. The smallest absolute Gasteiger partial charge is 0.308 e. The summed E-state index contributed by atoms with van der Waals surface area (Å²) in [7, 11) is 0. The van der Waals surface area contributed by atoms with Gasteiger partial charge in [-0.2, -0.15) is 52.7 Å².